The van der Waals surface area contributed by atoms with Crippen LogP contribution in [0.25, 0.3) is 0 Å². The van der Waals surface area contributed by atoms with Crippen molar-refractivity contribution in [2.24, 2.45) is 11.1 Å². The maximum atomic E-state index is 12.4. The summed E-state index contributed by atoms with van der Waals surface area (Å²) in [7, 11) is 1.66. The van der Waals surface area contributed by atoms with E-state index in [1.54, 1.807) is 7.11 Å². The lowest BCUT2D eigenvalue weighted by Crippen LogP contribution is -2.48. The van der Waals surface area contributed by atoms with Crippen molar-refractivity contribution in [3.8, 4) is 0 Å². The molecule has 0 bridgehead atoms. The molecule has 0 aliphatic heterocycles. The fourth-order valence-electron chi connectivity index (χ4n) is 1.76. The molecule has 0 aromatic heterocycles. The quantitative estimate of drug-likeness (QED) is 0.707. The lowest BCUT2D eigenvalue weighted by molar-refractivity contribution is -0.142. The van der Waals surface area contributed by atoms with Gasteiger partial charge in [0.15, 0.2) is 0 Å². The van der Waals surface area contributed by atoms with Crippen molar-refractivity contribution in [3.05, 3.63) is 0 Å². The van der Waals surface area contributed by atoms with Crippen LogP contribution in [0.15, 0.2) is 0 Å². The Morgan fingerprint density at radius 1 is 1.56 bits per heavy atom. The molecule has 0 spiro atoms. The van der Waals surface area contributed by atoms with Crippen LogP contribution in [-0.2, 0) is 9.53 Å². The monoisotopic (exact) mass is 228 g/mol. The summed E-state index contributed by atoms with van der Waals surface area (Å²) in [4.78, 5) is 14.4. The number of rotatable bonds is 7. The average Bonchev–Trinajstić information content (AvgIpc) is 3.12. The highest BCUT2D eigenvalue weighted by Gasteiger charge is 2.40. The lowest BCUT2D eigenvalue weighted by Gasteiger charge is -2.33. The molecule has 0 saturated heterocycles. The summed E-state index contributed by atoms with van der Waals surface area (Å²) in [6.45, 7) is 5.68. The Morgan fingerprint density at radius 2 is 2.19 bits per heavy atom. The molecular formula is C12H24N2O2. The molecule has 0 aromatic rings. The molecule has 1 unspecified atom stereocenters. The molecule has 94 valence electrons. The number of methoxy groups -OCH3 is 1. The molecular weight excluding hydrogens is 204 g/mol. The van der Waals surface area contributed by atoms with Gasteiger partial charge in [0.25, 0.3) is 0 Å². The largest absolute Gasteiger partial charge is 0.383 e. The molecule has 0 aromatic carbocycles. The SMILES string of the molecule is CCC(C)(CN)C(=O)N(CCOC)C1CC1. The van der Waals surface area contributed by atoms with Gasteiger partial charge in [-0.2, -0.15) is 0 Å². The first kappa shape index (κ1) is 13.5. The standard InChI is InChI=1S/C12H24N2O2/c1-4-12(2,9-13)11(15)14(7-8-16-3)10-5-6-10/h10H,4-9,13H2,1-3H3. The number of ether oxygens (including phenoxy) is 1. The summed E-state index contributed by atoms with van der Waals surface area (Å²) in [6.07, 6.45) is 3.04. The highest BCUT2D eigenvalue weighted by molar-refractivity contribution is 5.83. The second-order valence-corrected chi connectivity index (χ2v) is 4.84. The van der Waals surface area contributed by atoms with Crippen molar-refractivity contribution >= 4 is 5.91 Å². The van der Waals surface area contributed by atoms with Gasteiger partial charge in [0, 0.05) is 26.2 Å². The number of nitrogens with zero attached hydrogens (tertiary/aromatic N) is 1. The molecule has 1 rings (SSSR count). The fraction of sp³-hybridized carbons (Fsp3) is 0.917. The molecule has 1 aliphatic carbocycles. The summed E-state index contributed by atoms with van der Waals surface area (Å²) < 4.78 is 5.06. The van der Waals surface area contributed by atoms with Crippen LogP contribution in [0.1, 0.15) is 33.1 Å². The Bertz CT molecular complexity index is 235. The van der Waals surface area contributed by atoms with Crippen molar-refractivity contribution in [1.29, 1.82) is 0 Å². The summed E-state index contributed by atoms with van der Waals surface area (Å²) in [5.74, 6) is 0.192. The molecule has 4 nitrogen and oxygen atoms in total. The third kappa shape index (κ3) is 2.95. The van der Waals surface area contributed by atoms with Gasteiger partial charge < -0.3 is 15.4 Å². The van der Waals surface area contributed by atoms with Crippen molar-refractivity contribution in [3.63, 3.8) is 0 Å². The van der Waals surface area contributed by atoms with Gasteiger partial charge in [-0.3, -0.25) is 4.79 Å². The van der Waals surface area contributed by atoms with Gasteiger partial charge in [0.05, 0.1) is 12.0 Å². The predicted molar refractivity (Wildman–Crippen MR) is 64.1 cm³/mol. The second kappa shape index (κ2) is 5.64. The lowest BCUT2D eigenvalue weighted by atomic mass is 9.86. The molecule has 1 aliphatic rings. The molecule has 1 fully saturated rings. The summed E-state index contributed by atoms with van der Waals surface area (Å²) in [5, 5.41) is 0. The van der Waals surface area contributed by atoms with Gasteiger partial charge in [0.1, 0.15) is 0 Å². The Balaban J connectivity index is 2.65. The van der Waals surface area contributed by atoms with E-state index >= 15 is 0 Å². The Hall–Kier alpha value is -0.610. The smallest absolute Gasteiger partial charge is 0.230 e. The zero-order valence-electron chi connectivity index (χ0n) is 10.7. The predicted octanol–water partition coefficient (Wildman–Crippen LogP) is 0.999. The van der Waals surface area contributed by atoms with E-state index in [0.29, 0.717) is 25.7 Å². The third-order valence-electron chi connectivity index (χ3n) is 3.53. The highest BCUT2D eigenvalue weighted by Crippen LogP contribution is 2.32. The minimum absolute atomic E-state index is 0.192. The van der Waals surface area contributed by atoms with Gasteiger partial charge in [-0.05, 0) is 26.2 Å². The van der Waals surface area contributed by atoms with E-state index in [2.05, 4.69) is 0 Å². The summed E-state index contributed by atoms with van der Waals surface area (Å²) in [6, 6.07) is 0.431. The molecule has 4 heteroatoms. The molecule has 1 saturated carbocycles. The van der Waals surface area contributed by atoms with Crippen LogP contribution in [0.4, 0.5) is 0 Å². The van der Waals surface area contributed by atoms with E-state index < -0.39 is 5.41 Å². The van der Waals surface area contributed by atoms with E-state index in [0.717, 1.165) is 19.3 Å². The summed E-state index contributed by atoms with van der Waals surface area (Å²) >= 11 is 0. The molecule has 2 N–H and O–H groups in total. The molecule has 0 heterocycles. The molecule has 1 amide bonds. The number of carbonyl (C=O) groups excluding carboxylic acids is 1. The topological polar surface area (TPSA) is 55.6 Å². The van der Waals surface area contributed by atoms with Crippen LogP contribution in [0.5, 0.6) is 0 Å². The normalized spacial score (nSPS) is 19.2. The van der Waals surface area contributed by atoms with Crippen LogP contribution in [-0.4, -0.2) is 43.7 Å². The van der Waals surface area contributed by atoms with Crippen LogP contribution in [0, 0.1) is 5.41 Å². The van der Waals surface area contributed by atoms with E-state index in [1.807, 2.05) is 18.7 Å². The maximum absolute atomic E-state index is 12.4. The van der Waals surface area contributed by atoms with Crippen molar-refractivity contribution in [1.82, 2.24) is 4.90 Å². The van der Waals surface area contributed by atoms with Crippen molar-refractivity contribution in [2.75, 3.05) is 26.8 Å². The van der Waals surface area contributed by atoms with Gasteiger partial charge in [-0.1, -0.05) is 6.92 Å². The first-order valence-corrected chi connectivity index (χ1v) is 6.09. The second-order valence-electron chi connectivity index (χ2n) is 4.84. The van der Waals surface area contributed by atoms with E-state index in [4.69, 9.17) is 10.5 Å². The number of amides is 1. The zero-order valence-corrected chi connectivity index (χ0v) is 10.7. The number of hydrogen-bond donors (Lipinski definition) is 1. The Morgan fingerprint density at radius 3 is 2.56 bits per heavy atom. The Labute approximate surface area is 98.1 Å². The van der Waals surface area contributed by atoms with Gasteiger partial charge in [-0.15, -0.1) is 0 Å². The molecule has 0 radical (unpaired) electrons. The molecule has 1 atom stereocenters. The first-order valence-electron chi connectivity index (χ1n) is 6.09. The minimum atomic E-state index is -0.406. The Kier molecular flexibility index (Phi) is 4.74. The van der Waals surface area contributed by atoms with E-state index in [1.165, 1.54) is 0 Å². The van der Waals surface area contributed by atoms with Gasteiger partial charge >= 0.3 is 0 Å². The van der Waals surface area contributed by atoms with Gasteiger partial charge in [-0.25, -0.2) is 0 Å². The minimum Gasteiger partial charge on any atom is -0.383 e. The van der Waals surface area contributed by atoms with Crippen LogP contribution >= 0.6 is 0 Å². The van der Waals surface area contributed by atoms with Gasteiger partial charge in [0.2, 0.25) is 5.91 Å². The van der Waals surface area contributed by atoms with Crippen molar-refractivity contribution in [2.45, 2.75) is 39.2 Å². The van der Waals surface area contributed by atoms with Crippen LogP contribution in [0.2, 0.25) is 0 Å². The highest BCUT2D eigenvalue weighted by atomic mass is 16.5. The van der Waals surface area contributed by atoms with E-state index in [-0.39, 0.29) is 5.91 Å². The van der Waals surface area contributed by atoms with Crippen LogP contribution in [0.3, 0.4) is 0 Å². The first-order chi connectivity index (χ1) is 7.59. The van der Waals surface area contributed by atoms with E-state index in [9.17, 15) is 4.79 Å². The van der Waals surface area contributed by atoms with Crippen molar-refractivity contribution < 1.29 is 9.53 Å². The zero-order chi connectivity index (χ0) is 12.2. The summed E-state index contributed by atoms with van der Waals surface area (Å²) in [5.41, 5.74) is 5.32. The number of hydrogen-bond acceptors (Lipinski definition) is 3. The third-order valence-corrected chi connectivity index (χ3v) is 3.53. The number of carbonyl (C=O) groups is 1. The fourth-order valence-corrected chi connectivity index (χ4v) is 1.76. The molecule has 16 heavy (non-hydrogen) atoms. The average molecular weight is 228 g/mol. The number of nitrogens with two attached hydrogens (primary N) is 1. The van der Waals surface area contributed by atoms with Crippen LogP contribution < -0.4 is 5.73 Å². The maximum Gasteiger partial charge on any atom is 0.230 e.